The summed E-state index contributed by atoms with van der Waals surface area (Å²) in [6, 6.07) is 2.63. The first-order valence-corrected chi connectivity index (χ1v) is 10.7. The molecule has 2 aromatic carbocycles. The van der Waals surface area contributed by atoms with Crippen molar-refractivity contribution >= 4 is 0 Å². The van der Waals surface area contributed by atoms with Gasteiger partial charge in [-0.25, -0.2) is 22.0 Å². The van der Waals surface area contributed by atoms with Crippen LogP contribution in [0, 0.1) is 40.9 Å². The Hall–Kier alpha value is -2.17. The maximum Gasteiger partial charge on any atom is 0.194 e. The Kier molecular flexibility index (Phi) is 5.99. The third kappa shape index (κ3) is 3.79. The molecular formula is C25H25F5. The predicted octanol–water partition coefficient (Wildman–Crippen LogP) is 7.85. The molecule has 0 heterocycles. The van der Waals surface area contributed by atoms with E-state index in [4.69, 9.17) is 0 Å². The molecule has 0 aromatic heterocycles. The Labute approximate surface area is 173 Å². The van der Waals surface area contributed by atoms with E-state index < -0.39 is 34.6 Å². The molecule has 1 saturated carbocycles. The molecule has 0 radical (unpaired) electrons. The Balaban J connectivity index is 1.65. The van der Waals surface area contributed by atoms with Crippen LogP contribution in [0.5, 0.6) is 0 Å². The van der Waals surface area contributed by atoms with Crippen LogP contribution in [-0.4, -0.2) is 0 Å². The third-order valence-corrected chi connectivity index (χ3v) is 6.86. The third-order valence-electron chi connectivity index (χ3n) is 6.86. The van der Waals surface area contributed by atoms with Gasteiger partial charge in [-0.05, 0) is 105 Å². The Morgan fingerprint density at radius 1 is 0.900 bits per heavy atom. The maximum atomic E-state index is 15.3. The number of fused-ring (bicyclic) bond motifs is 3. The van der Waals surface area contributed by atoms with Crippen molar-refractivity contribution in [3.05, 3.63) is 70.6 Å². The van der Waals surface area contributed by atoms with Gasteiger partial charge in [0, 0.05) is 0 Å². The van der Waals surface area contributed by atoms with Gasteiger partial charge >= 0.3 is 0 Å². The van der Waals surface area contributed by atoms with Crippen molar-refractivity contribution in [1.82, 2.24) is 0 Å². The second-order valence-electron chi connectivity index (χ2n) is 8.60. The number of benzene rings is 2. The number of hydrogen-bond donors (Lipinski definition) is 0. The van der Waals surface area contributed by atoms with Gasteiger partial charge in [-0.15, -0.1) is 0 Å². The average Bonchev–Trinajstić information content (AvgIpc) is 2.72. The highest BCUT2D eigenvalue weighted by Crippen LogP contribution is 2.49. The van der Waals surface area contributed by atoms with E-state index in [1.165, 1.54) is 6.07 Å². The van der Waals surface area contributed by atoms with Crippen molar-refractivity contribution in [3.63, 3.8) is 0 Å². The van der Waals surface area contributed by atoms with Crippen LogP contribution >= 0.6 is 0 Å². The van der Waals surface area contributed by atoms with Crippen molar-refractivity contribution in [2.75, 3.05) is 0 Å². The molecule has 0 saturated heterocycles. The number of hydrogen-bond acceptors (Lipinski definition) is 0. The van der Waals surface area contributed by atoms with Crippen LogP contribution in [-0.2, 0) is 6.42 Å². The molecular weight excluding hydrogens is 395 g/mol. The Morgan fingerprint density at radius 2 is 1.63 bits per heavy atom. The second-order valence-corrected chi connectivity index (χ2v) is 8.60. The van der Waals surface area contributed by atoms with E-state index in [1.807, 2.05) is 6.92 Å². The van der Waals surface area contributed by atoms with Crippen molar-refractivity contribution < 1.29 is 22.0 Å². The summed E-state index contributed by atoms with van der Waals surface area (Å²) in [6.07, 6.45) is 10.8. The van der Waals surface area contributed by atoms with Crippen molar-refractivity contribution in [3.8, 4) is 11.1 Å². The molecule has 0 spiro atoms. The fraction of sp³-hybridized carbons (Fsp3) is 0.440. The Bertz CT molecular complexity index is 955. The van der Waals surface area contributed by atoms with Gasteiger partial charge in [-0.2, -0.15) is 0 Å². The lowest BCUT2D eigenvalue weighted by Gasteiger charge is -2.41. The van der Waals surface area contributed by atoms with Gasteiger partial charge in [0.25, 0.3) is 0 Å². The molecule has 30 heavy (non-hydrogen) atoms. The first-order chi connectivity index (χ1) is 14.4. The van der Waals surface area contributed by atoms with E-state index in [0.717, 1.165) is 38.5 Å². The summed E-state index contributed by atoms with van der Waals surface area (Å²) in [7, 11) is 0. The summed E-state index contributed by atoms with van der Waals surface area (Å²) in [6.45, 7) is 2.01. The highest BCUT2D eigenvalue weighted by Gasteiger charge is 2.37. The van der Waals surface area contributed by atoms with Crippen molar-refractivity contribution in [2.45, 2.75) is 57.8 Å². The lowest BCUT2D eigenvalue weighted by Crippen LogP contribution is -2.29. The van der Waals surface area contributed by atoms with Crippen LogP contribution in [0.1, 0.15) is 62.5 Å². The molecule has 3 unspecified atom stereocenters. The minimum Gasteiger partial charge on any atom is -0.206 e. The molecule has 5 heteroatoms. The summed E-state index contributed by atoms with van der Waals surface area (Å²) in [5.41, 5.74) is 0.328. The summed E-state index contributed by atoms with van der Waals surface area (Å²) < 4.78 is 70.8. The van der Waals surface area contributed by atoms with Gasteiger partial charge in [0.2, 0.25) is 0 Å². The largest absolute Gasteiger partial charge is 0.206 e. The zero-order chi connectivity index (χ0) is 21.4. The normalized spacial score (nSPS) is 23.5. The van der Waals surface area contributed by atoms with E-state index in [9.17, 15) is 17.6 Å². The fourth-order valence-corrected chi connectivity index (χ4v) is 5.41. The highest BCUT2D eigenvalue weighted by molar-refractivity contribution is 5.67. The summed E-state index contributed by atoms with van der Waals surface area (Å²) in [4.78, 5) is 0. The molecule has 1 fully saturated rings. The molecule has 0 N–H and O–H groups in total. The molecule has 2 aromatic rings. The summed E-state index contributed by atoms with van der Waals surface area (Å²) in [5.74, 6) is -5.03. The van der Waals surface area contributed by atoms with Gasteiger partial charge in [0.15, 0.2) is 17.5 Å². The van der Waals surface area contributed by atoms with E-state index in [1.54, 1.807) is 0 Å². The molecule has 160 valence electrons. The van der Waals surface area contributed by atoms with Gasteiger partial charge < -0.3 is 0 Å². The smallest absolute Gasteiger partial charge is 0.194 e. The summed E-state index contributed by atoms with van der Waals surface area (Å²) >= 11 is 0. The van der Waals surface area contributed by atoms with Crippen LogP contribution in [0.15, 0.2) is 30.4 Å². The fourth-order valence-electron chi connectivity index (χ4n) is 5.41. The Morgan fingerprint density at radius 3 is 2.33 bits per heavy atom. The summed E-state index contributed by atoms with van der Waals surface area (Å²) in [5, 5.41) is 0. The van der Waals surface area contributed by atoms with E-state index >= 15 is 4.39 Å². The van der Waals surface area contributed by atoms with Crippen LogP contribution in [0.4, 0.5) is 22.0 Å². The van der Waals surface area contributed by atoms with Gasteiger partial charge in [0.1, 0.15) is 11.6 Å². The molecule has 0 bridgehead atoms. The first-order valence-electron chi connectivity index (χ1n) is 10.7. The van der Waals surface area contributed by atoms with Crippen molar-refractivity contribution in [2.24, 2.45) is 11.8 Å². The lowest BCUT2D eigenvalue weighted by molar-refractivity contribution is 0.201. The molecule has 2 aliphatic carbocycles. The van der Waals surface area contributed by atoms with Gasteiger partial charge in [0.05, 0.1) is 5.56 Å². The van der Waals surface area contributed by atoms with Crippen LogP contribution in [0.2, 0.25) is 0 Å². The molecule has 0 amide bonds. The minimum absolute atomic E-state index is 0.117. The number of rotatable bonds is 4. The molecule has 4 rings (SSSR count). The van der Waals surface area contributed by atoms with Crippen LogP contribution in [0.25, 0.3) is 11.1 Å². The zero-order valence-corrected chi connectivity index (χ0v) is 17.0. The maximum absolute atomic E-state index is 15.3. The topological polar surface area (TPSA) is 0 Å². The SMILES string of the molecule is C/C=C/CCC1CCC2c3cc(F)c(-c4cc(F)c(F)c(F)c4)c(F)c3CCC2C1. The van der Waals surface area contributed by atoms with E-state index in [-0.39, 0.29) is 11.5 Å². The van der Waals surface area contributed by atoms with Crippen LogP contribution in [0.3, 0.4) is 0 Å². The molecule has 2 aliphatic rings. The molecule has 0 aliphatic heterocycles. The lowest BCUT2D eigenvalue weighted by atomic mass is 9.64. The van der Waals surface area contributed by atoms with E-state index in [2.05, 4.69) is 12.2 Å². The highest BCUT2D eigenvalue weighted by atomic mass is 19.2. The number of allylic oxidation sites excluding steroid dienone is 2. The molecule has 3 atom stereocenters. The standard InChI is InChI=1S/C25H25F5/c1-2-3-4-5-14-6-8-17-15(10-14)7-9-18-19(17)13-20(26)23(24(18)29)16-11-21(27)25(30)22(28)12-16/h2-3,11-15,17H,4-10H2,1H3/b3-2+. The van der Waals surface area contributed by atoms with Crippen molar-refractivity contribution in [1.29, 1.82) is 0 Å². The molecule has 0 nitrogen and oxygen atoms in total. The van der Waals surface area contributed by atoms with E-state index in [0.29, 0.717) is 41.5 Å². The number of halogens is 5. The monoisotopic (exact) mass is 420 g/mol. The average molecular weight is 420 g/mol. The zero-order valence-electron chi connectivity index (χ0n) is 17.0. The quantitative estimate of drug-likeness (QED) is 0.268. The van der Waals surface area contributed by atoms with Gasteiger partial charge in [-0.3, -0.25) is 0 Å². The van der Waals surface area contributed by atoms with Crippen LogP contribution < -0.4 is 0 Å². The van der Waals surface area contributed by atoms with Gasteiger partial charge in [-0.1, -0.05) is 12.2 Å². The first kappa shape index (κ1) is 21.1. The second kappa shape index (κ2) is 8.52. The predicted molar refractivity (Wildman–Crippen MR) is 108 cm³/mol. The minimum atomic E-state index is -1.65.